The molecule has 0 aliphatic heterocycles. The van der Waals surface area contributed by atoms with E-state index in [2.05, 4.69) is 4.98 Å². The topological polar surface area (TPSA) is 60.9 Å². The second-order valence-electron chi connectivity index (χ2n) is 5.13. The van der Waals surface area contributed by atoms with Gasteiger partial charge in [-0.05, 0) is 29.5 Å². The predicted molar refractivity (Wildman–Crippen MR) is 83.0 cm³/mol. The maximum Gasteiger partial charge on any atom is 0.416 e. The highest BCUT2D eigenvalue weighted by molar-refractivity contribution is 7.16. The quantitative estimate of drug-likeness (QED) is 0.730. The molecule has 8 heteroatoms. The Hall–Kier alpha value is -2.35. The van der Waals surface area contributed by atoms with Crippen LogP contribution in [-0.2, 0) is 12.6 Å². The van der Waals surface area contributed by atoms with Crippen LogP contribution in [0.25, 0.3) is 10.2 Å². The molecule has 0 saturated carbocycles. The van der Waals surface area contributed by atoms with Gasteiger partial charge in [0, 0.05) is 6.42 Å². The van der Waals surface area contributed by atoms with E-state index in [1.54, 1.807) is 12.3 Å². The van der Waals surface area contributed by atoms with Crippen LogP contribution >= 0.6 is 11.3 Å². The van der Waals surface area contributed by atoms with Gasteiger partial charge in [0.1, 0.15) is 10.7 Å². The van der Waals surface area contributed by atoms with Gasteiger partial charge in [-0.25, -0.2) is 9.66 Å². The molecule has 0 radical (unpaired) electrons. The fraction of sp³-hybridized carbons (Fsp3) is 0.200. The van der Waals surface area contributed by atoms with E-state index in [1.165, 1.54) is 29.5 Å². The number of nitrogen functional groups attached to an aromatic ring is 1. The minimum atomic E-state index is -4.47. The van der Waals surface area contributed by atoms with Gasteiger partial charge in [0.25, 0.3) is 5.56 Å². The second-order valence-corrected chi connectivity index (χ2v) is 5.99. The van der Waals surface area contributed by atoms with Gasteiger partial charge < -0.3 is 5.84 Å². The number of fused-ring (bicyclic) bond motifs is 1. The molecule has 4 nitrogen and oxygen atoms in total. The van der Waals surface area contributed by atoms with Crippen molar-refractivity contribution in [2.75, 3.05) is 5.84 Å². The maximum absolute atomic E-state index is 13.1. The first-order valence-electron chi connectivity index (χ1n) is 6.69. The van der Waals surface area contributed by atoms with Crippen LogP contribution in [0.2, 0.25) is 0 Å². The van der Waals surface area contributed by atoms with Gasteiger partial charge in [0.2, 0.25) is 0 Å². The molecule has 0 saturated heterocycles. The number of nitrogens with two attached hydrogens (primary N) is 1. The van der Waals surface area contributed by atoms with Crippen molar-refractivity contribution < 1.29 is 13.2 Å². The lowest BCUT2D eigenvalue weighted by Crippen LogP contribution is -2.32. The van der Waals surface area contributed by atoms with Crippen LogP contribution in [0.4, 0.5) is 13.2 Å². The summed E-state index contributed by atoms with van der Waals surface area (Å²) in [4.78, 5) is 17.0. The molecule has 1 aromatic carbocycles. The number of aryl methyl sites for hydroxylation is 1. The SMILES string of the molecule is Cc1csc2nc(Cc3ccccc3C(F)(F)F)n(N)c(=O)c12. The molecule has 0 amide bonds. The zero-order chi connectivity index (χ0) is 16.8. The van der Waals surface area contributed by atoms with Crippen LogP contribution in [-0.4, -0.2) is 9.66 Å². The van der Waals surface area contributed by atoms with E-state index in [-0.39, 0.29) is 17.8 Å². The molecule has 3 rings (SSSR count). The summed E-state index contributed by atoms with van der Waals surface area (Å²) >= 11 is 1.27. The number of aromatic nitrogens is 2. The highest BCUT2D eigenvalue weighted by Crippen LogP contribution is 2.32. The summed E-state index contributed by atoms with van der Waals surface area (Å²) in [5.41, 5.74) is -0.424. The first-order chi connectivity index (χ1) is 10.8. The van der Waals surface area contributed by atoms with Crippen LogP contribution in [0.15, 0.2) is 34.4 Å². The lowest BCUT2D eigenvalue weighted by atomic mass is 10.0. The number of halogens is 3. The Labute approximate surface area is 133 Å². The Balaban J connectivity index is 2.14. The molecular weight excluding hydrogens is 327 g/mol. The van der Waals surface area contributed by atoms with Gasteiger partial charge in [0.15, 0.2) is 0 Å². The molecule has 2 heterocycles. The Morgan fingerprint density at radius 2 is 2.00 bits per heavy atom. The van der Waals surface area contributed by atoms with Crippen molar-refractivity contribution in [3.05, 3.63) is 62.5 Å². The highest BCUT2D eigenvalue weighted by atomic mass is 32.1. The summed E-state index contributed by atoms with van der Waals surface area (Å²) in [7, 11) is 0. The lowest BCUT2D eigenvalue weighted by molar-refractivity contribution is -0.138. The number of nitrogens with zero attached hydrogens (tertiary/aromatic N) is 2. The molecular formula is C15H12F3N3OS. The molecule has 120 valence electrons. The number of hydrogen-bond acceptors (Lipinski definition) is 4. The monoisotopic (exact) mass is 339 g/mol. The molecule has 0 unspecified atom stereocenters. The average molecular weight is 339 g/mol. The van der Waals surface area contributed by atoms with E-state index < -0.39 is 17.3 Å². The Bertz CT molecular complexity index is 943. The lowest BCUT2D eigenvalue weighted by Gasteiger charge is -2.13. The van der Waals surface area contributed by atoms with Crippen LogP contribution in [0.1, 0.15) is 22.5 Å². The summed E-state index contributed by atoms with van der Waals surface area (Å²) in [5.74, 6) is 5.85. The van der Waals surface area contributed by atoms with Gasteiger partial charge in [-0.1, -0.05) is 18.2 Å². The summed E-state index contributed by atoms with van der Waals surface area (Å²) in [6.45, 7) is 1.76. The van der Waals surface area contributed by atoms with Crippen molar-refractivity contribution in [2.45, 2.75) is 19.5 Å². The number of rotatable bonds is 2. The van der Waals surface area contributed by atoms with E-state index in [4.69, 9.17) is 5.84 Å². The highest BCUT2D eigenvalue weighted by Gasteiger charge is 2.33. The zero-order valence-corrected chi connectivity index (χ0v) is 12.8. The molecule has 23 heavy (non-hydrogen) atoms. The van der Waals surface area contributed by atoms with E-state index in [1.807, 2.05) is 0 Å². The molecule has 0 fully saturated rings. The molecule has 0 aliphatic rings. The van der Waals surface area contributed by atoms with E-state index in [0.29, 0.717) is 10.2 Å². The summed E-state index contributed by atoms with van der Waals surface area (Å²) < 4.78 is 40.0. The van der Waals surface area contributed by atoms with E-state index >= 15 is 0 Å². The predicted octanol–water partition coefficient (Wildman–Crippen LogP) is 3.09. The Morgan fingerprint density at radius 1 is 1.30 bits per heavy atom. The Kier molecular flexibility index (Phi) is 3.63. The van der Waals surface area contributed by atoms with Crippen molar-refractivity contribution in [1.29, 1.82) is 0 Å². The Morgan fingerprint density at radius 3 is 2.70 bits per heavy atom. The molecule has 2 N–H and O–H groups in total. The van der Waals surface area contributed by atoms with Crippen molar-refractivity contribution in [3.63, 3.8) is 0 Å². The normalized spacial score (nSPS) is 12.0. The second kappa shape index (κ2) is 5.38. The molecule has 2 aromatic heterocycles. The third kappa shape index (κ3) is 2.70. The van der Waals surface area contributed by atoms with E-state index in [0.717, 1.165) is 16.3 Å². The summed E-state index contributed by atoms with van der Waals surface area (Å²) in [6, 6.07) is 5.19. The van der Waals surface area contributed by atoms with Gasteiger partial charge >= 0.3 is 6.18 Å². The third-order valence-corrected chi connectivity index (χ3v) is 4.56. The average Bonchev–Trinajstić information content (AvgIpc) is 2.85. The fourth-order valence-electron chi connectivity index (χ4n) is 2.43. The van der Waals surface area contributed by atoms with Crippen molar-refractivity contribution in [3.8, 4) is 0 Å². The number of hydrogen-bond donors (Lipinski definition) is 1. The van der Waals surface area contributed by atoms with Crippen LogP contribution in [0, 0.1) is 6.92 Å². The first kappa shape index (κ1) is 15.5. The smallest absolute Gasteiger partial charge is 0.335 e. The number of benzene rings is 1. The zero-order valence-electron chi connectivity index (χ0n) is 12.0. The van der Waals surface area contributed by atoms with Crippen molar-refractivity contribution in [2.24, 2.45) is 0 Å². The largest absolute Gasteiger partial charge is 0.416 e. The molecule has 3 aromatic rings. The molecule has 0 atom stereocenters. The fourth-order valence-corrected chi connectivity index (χ4v) is 3.36. The third-order valence-electron chi connectivity index (χ3n) is 3.57. The molecule has 0 spiro atoms. The first-order valence-corrected chi connectivity index (χ1v) is 7.57. The number of alkyl halides is 3. The van der Waals surface area contributed by atoms with Crippen molar-refractivity contribution in [1.82, 2.24) is 9.66 Å². The maximum atomic E-state index is 13.1. The van der Waals surface area contributed by atoms with Gasteiger partial charge in [0.05, 0.1) is 10.9 Å². The standard InChI is InChI=1S/C15H12F3N3OS/c1-8-7-23-13-12(8)14(22)21(19)11(20-13)6-9-4-2-3-5-10(9)15(16,17)18/h2-5,7H,6,19H2,1H3. The minimum Gasteiger partial charge on any atom is -0.335 e. The van der Waals surface area contributed by atoms with Crippen LogP contribution in [0.3, 0.4) is 0 Å². The van der Waals surface area contributed by atoms with Crippen molar-refractivity contribution >= 4 is 21.6 Å². The van der Waals surface area contributed by atoms with E-state index in [9.17, 15) is 18.0 Å². The van der Waals surface area contributed by atoms with Crippen LogP contribution in [0.5, 0.6) is 0 Å². The molecule has 0 bridgehead atoms. The summed E-state index contributed by atoms with van der Waals surface area (Å²) in [5, 5.41) is 2.18. The van der Waals surface area contributed by atoms with Gasteiger partial charge in [-0.15, -0.1) is 11.3 Å². The number of thiophene rings is 1. The van der Waals surface area contributed by atoms with Gasteiger partial charge in [-0.2, -0.15) is 13.2 Å². The minimum absolute atomic E-state index is 0.0266. The van der Waals surface area contributed by atoms with Gasteiger partial charge in [-0.3, -0.25) is 4.79 Å². The summed E-state index contributed by atoms with van der Waals surface area (Å²) in [6.07, 6.45) is -4.64. The van der Waals surface area contributed by atoms with Crippen LogP contribution < -0.4 is 11.4 Å². The molecule has 0 aliphatic carbocycles.